The summed E-state index contributed by atoms with van der Waals surface area (Å²) in [5, 5.41) is 6.11. The molecule has 1 amide bonds. The lowest BCUT2D eigenvalue weighted by molar-refractivity contribution is -0.116. The Bertz CT molecular complexity index is 417. The van der Waals surface area contributed by atoms with Crippen LogP contribution in [0.1, 0.15) is 33.1 Å². The van der Waals surface area contributed by atoms with Crippen molar-refractivity contribution in [3.63, 3.8) is 0 Å². The first-order valence-corrected chi connectivity index (χ1v) is 8.11. The second-order valence-corrected chi connectivity index (χ2v) is 5.18. The molecule has 0 bridgehead atoms. The zero-order chi connectivity index (χ0) is 16.2. The van der Waals surface area contributed by atoms with Gasteiger partial charge in [0, 0.05) is 13.0 Å². The second-order valence-electron chi connectivity index (χ2n) is 5.18. The van der Waals surface area contributed by atoms with Crippen LogP contribution >= 0.6 is 0 Å². The van der Waals surface area contributed by atoms with E-state index in [0.717, 1.165) is 38.3 Å². The molecule has 124 valence electrons. The van der Waals surface area contributed by atoms with Crippen LogP contribution in [-0.2, 0) is 4.79 Å². The van der Waals surface area contributed by atoms with Crippen LogP contribution in [0.15, 0.2) is 18.3 Å². The van der Waals surface area contributed by atoms with Crippen molar-refractivity contribution in [1.29, 1.82) is 0 Å². The SMILES string of the molecule is CCN(CC)CCCNc1ccc(NC(=O)CCCN)nc1. The van der Waals surface area contributed by atoms with E-state index in [1.807, 2.05) is 12.1 Å². The summed E-state index contributed by atoms with van der Waals surface area (Å²) < 4.78 is 0. The molecule has 0 unspecified atom stereocenters. The molecule has 0 atom stereocenters. The van der Waals surface area contributed by atoms with Crippen LogP contribution in [0, 0.1) is 0 Å². The van der Waals surface area contributed by atoms with Crippen molar-refractivity contribution in [2.45, 2.75) is 33.1 Å². The lowest BCUT2D eigenvalue weighted by Crippen LogP contribution is -2.25. The van der Waals surface area contributed by atoms with Gasteiger partial charge in [-0.1, -0.05) is 13.8 Å². The molecule has 0 spiro atoms. The van der Waals surface area contributed by atoms with Crippen molar-refractivity contribution < 1.29 is 4.79 Å². The van der Waals surface area contributed by atoms with E-state index in [1.165, 1.54) is 0 Å². The topological polar surface area (TPSA) is 83.3 Å². The standard InChI is InChI=1S/C16H29N5O/c1-3-21(4-2)12-6-11-18-14-8-9-15(19-13-14)20-16(22)7-5-10-17/h8-9,13,18H,3-7,10-12,17H2,1-2H3,(H,19,20,22). The van der Waals surface area contributed by atoms with Gasteiger partial charge < -0.3 is 21.3 Å². The van der Waals surface area contributed by atoms with Crippen molar-refractivity contribution in [3.05, 3.63) is 18.3 Å². The normalized spacial score (nSPS) is 10.7. The molecule has 0 saturated carbocycles. The Morgan fingerprint density at radius 1 is 1.27 bits per heavy atom. The van der Waals surface area contributed by atoms with Gasteiger partial charge in [-0.05, 0) is 51.2 Å². The lowest BCUT2D eigenvalue weighted by atomic mass is 10.3. The number of pyridine rings is 1. The maximum atomic E-state index is 11.6. The van der Waals surface area contributed by atoms with Crippen molar-refractivity contribution in [2.24, 2.45) is 5.73 Å². The Morgan fingerprint density at radius 3 is 2.64 bits per heavy atom. The summed E-state index contributed by atoms with van der Waals surface area (Å²) in [6.45, 7) is 9.09. The van der Waals surface area contributed by atoms with Crippen LogP contribution in [-0.4, -0.2) is 48.5 Å². The summed E-state index contributed by atoms with van der Waals surface area (Å²) >= 11 is 0. The summed E-state index contributed by atoms with van der Waals surface area (Å²) in [5.41, 5.74) is 6.35. The molecule has 0 aliphatic rings. The van der Waals surface area contributed by atoms with E-state index in [-0.39, 0.29) is 5.91 Å². The molecular weight excluding hydrogens is 278 g/mol. The number of aromatic nitrogens is 1. The average Bonchev–Trinajstić information content (AvgIpc) is 2.54. The third kappa shape index (κ3) is 7.38. The van der Waals surface area contributed by atoms with Crippen LogP contribution in [0.3, 0.4) is 0 Å². The molecule has 6 nitrogen and oxygen atoms in total. The molecule has 22 heavy (non-hydrogen) atoms. The van der Waals surface area contributed by atoms with E-state index < -0.39 is 0 Å². The minimum atomic E-state index is -0.0436. The third-order valence-corrected chi connectivity index (χ3v) is 3.51. The first-order chi connectivity index (χ1) is 10.7. The minimum Gasteiger partial charge on any atom is -0.384 e. The summed E-state index contributed by atoms with van der Waals surface area (Å²) in [7, 11) is 0. The van der Waals surface area contributed by atoms with Gasteiger partial charge in [-0.3, -0.25) is 4.79 Å². The monoisotopic (exact) mass is 307 g/mol. The Kier molecular flexibility index (Phi) is 9.18. The highest BCUT2D eigenvalue weighted by atomic mass is 16.1. The van der Waals surface area contributed by atoms with Crippen LogP contribution in [0.25, 0.3) is 0 Å². The van der Waals surface area contributed by atoms with Gasteiger partial charge in [0.1, 0.15) is 5.82 Å². The second kappa shape index (κ2) is 11.0. The number of anilines is 2. The van der Waals surface area contributed by atoms with E-state index in [9.17, 15) is 4.79 Å². The molecule has 0 aliphatic heterocycles. The molecule has 0 aliphatic carbocycles. The average molecular weight is 307 g/mol. The van der Waals surface area contributed by atoms with Crippen molar-refractivity contribution in [3.8, 4) is 0 Å². The molecule has 1 heterocycles. The van der Waals surface area contributed by atoms with Crippen molar-refractivity contribution in [2.75, 3.05) is 43.4 Å². The molecule has 4 N–H and O–H groups in total. The summed E-state index contributed by atoms with van der Waals surface area (Å²) in [4.78, 5) is 18.2. The quantitative estimate of drug-likeness (QED) is 0.544. The smallest absolute Gasteiger partial charge is 0.225 e. The van der Waals surface area contributed by atoms with Gasteiger partial charge in [-0.15, -0.1) is 0 Å². The van der Waals surface area contributed by atoms with Gasteiger partial charge in [0.05, 0.1) is 11.9 Å². The van der Waals surface area contributed by atoms with Gasteiger partial charge >= 0.3 is 0 Å². The minimum absolute atomic E-state index is 0.0436. The number of hydrogen-bond donors (Lipinski definition) is 3. The lowest BCUT2D eigenvalue weighted by Gasteiger charge is -2.17. The van der Waals surface area contributed by atoms with E-state index in [1.54, 1.807) is 6.20 Å². The van der Waals surface area contributed by atoms with Crippen LogP contribution in [0.4, 0.5) is 11.5 Å². The molecule has 0 fully saturated rings. The van der Waals surface area contributed by atoms with Crippen molar-refractivity contribution in [1.82, 2.24) is 9.88 Å². The molecule has 0 aromatic carbocycles. The highest BCUT2D eigenvalue weighted by Crippen LogP contribution is 2.10. The molecule has 1 aromatic heterocycles. The fourth-order valence-corrected chi connectivity index (χ4v) is 2.12. The number of nitrogens with two attached hydrogens (primary N) is 1. The van der Waals surface area contributed by atoms with E-state index in [0.29, 0.717) is 25.2 Å². The molecule has 1 aromatic rings. The zero-order valence-corrected chi connectivity index (χ0v) is 13.8. The molecule has 1 rings (SSSR count). The highest BCUT2D eigenvalue weighted by Gasteiger charge is 2.03. The maximum Gasteiger partial charge on any atom is 0.225 e. The maximum absolute atomic E-state index is 11.6. The fourth-order valence-electron chi connectivity index (χ4n) is 2.12. The summed E-state index contributed by atoms with van der Waals surface area (Å²) in [6, 6.07) is 3.75. The first kappa shape index (κ1) is 18.4. The van der Waals surface area contributed by atoms with E-state index >= 15 is 0 Å². The van der Waals surface area contributed by atoms with Crippen LogP contribution in [0.2, 0.25) is 0 Å². The number of nitrogens with zero attached hydrogens (tertiary/aromatic N) is 2. The summed E-state index contributed by atoms with van der Waals surface area (Å²) in [5.74, 6) is 0.536. The number of nitrogens with one attached hydrogen (secondary N) is 2. The highest BCUT2D eigenvalue weighted by molar-refractivity contribution is 5.89. The largest absolute Gasteiger partial charge is 0.384 e. The molecule has 0 radical (unpaired) electrons. The van der Waals surface area contributed by atoms with Gasteiger partial charge in [-0.25, -0.2) is 4.98 Å². The Balaban J connectivity index is 2.28. The predicted molar refractivity (Wildman–Crippen MR) is 92.0 cm³/mol. The Labute approximate surface area is 133 Å². The molecule has 6 heteroatoms. The van der Waals surface area contributed by atoms with Gasteiger partial charge in [0.25, 0.3) is 0 Å². The first-order valence-electron chi connectivity index (χ1n) is 8.11. The number of rotatable bonds is 11. The summed E-state index contributed by atoms with van der Waals surface area (Å²) in [6.07, 6.45) is 3.97. The third-order valence-electron chi connectivity index (χ3n) is 3.51. The fraction of sp³-hybridized carbons (Fsp3) is 0.625. The Hall–Kier alpha value is -1.66. The number of carbonyl (C=O) groups is 1. The van der Waals surface area contributed by atoms with Gasteiger partial charge in [-0.2, -0.15) is 0 Å². The molecular formula is C16H29N5O. The number of carbonyl (C=O) groups excluding carboxylic acids is 1. The van der Waals surface area contributed by atoms with E-state index in [2.05, 4.69) is 34.4 Å². The number of amides is 1. The van der Waals surface area contributed by atoms with Crippen LogP contribution in [0.5, 0.6) is 0 Å². The Morgan fingerprint density at radius 2 is 2.05 bits per heavy atom. The van der Waals surface area contributed by atoms with Crippen molar-refractivity contribution >= 4 is 17.4 Å². The number of hydrogen-bond acceptors (Lipinski definition) is 5. The van der Waals surface area contributed by atoms with E-state index in [4.69, 9.17) is 5.73 Å². The van der Waals surface area contributed by atoms with Gasteiger partial charge in [0.2, 0.25) is 5.91 Å². The van der Waals surface area contributed by atoms with Crippen LogP contribution < -0.4 is 16.4 Å². The zero-order valence-electron chi connectivity index (χ0n) is 13.8. The molecule has 0 saturated heterocycles. The predicted octanol–water partition coefficient (Wildman–Crippen LogP) is 1.90. The van der Waals surface area contributed by atoms with Gasteiger partial charge in [0.15, 0.2) is 0 Å².